The van der Waals surface area contributed by atoms with Gasteiger partial charge in [-0.05, 0) is 42.7 Å². The van der Waals surface area contributed by atoms with Gasteiger partial charge in [0.15, 0.2) is 0 Å². The van der Waals surface area contributed by atoms with Crippen molar-refractivity contribution in [3.05, 3.63) is 35.4 Å². The molecule has 0 bridgehead atoms. The molecule has 128 valence electrons. The predicted molar refractivity (Wildman–Crippen MR) is 95.7 cm³/mol. The summed E-state index contributed by atoms with van der Waals surface area (Å²) >= 11 is 1.71. The van der Waals surface area contributed by atoms with Gasteiger partial charge in [-0.25, -0.2) is 0 Å². The fourth-order valence-electron chi connectivity index (χ4n) is 4.20. The van der Waals surface area contributed by atoms with Crippen molar-refractivity contribution in [1.29, 1.82) is 0 Å². The minimum Gasteiger partial charge on any atom is -0.341 e. The minimum absolute atomic E-state index is 0.162. The molecule has 0 unspecified atom stereocenters. The molecular weight excluding hydrogens is 320 g/mol. The van der Waals surface area contributed by atoms with E-state index in [0.717, 1.165) is 44.5 Å². The highest BCUT2D eigenvalue weighted by atomic mass is 32.2. The zero-order valence-electron chi connectivity index (χ0n) is 13.9. The zero-order valence-corrected chi connectivity index (χ0v) is 14.8. The van der Waals surface area contributed by atoms with Gasteiger partial charge in [0.05, 0.1) is 5.88 Å². The predicted octanol–water partition coefficient (Wildman–Crippen LogP) is 2.32. The van der Waals surface area contributed by atoms with Crippen molar-refractivity contribution >= 4 is 23.6 Å². The van der Waals surface area contributed by atoms with Gasteiger partial charge >= 0.3 is 0 Å². The summed E-state index contributed by atoms with van der Waals surface area (Å²) in [5.41, 5.74) is 2.77. The number of nitrogens with zero attached hydrogens (tertiary/aromatic N) is 2. The molecule has 4 rings (SSSR count). The molecule has 0 spiro atoms. The molecule has 4 nitrogen and oxygen atoms in total. The Morgan fingerprint density at radius 2 is 1.75 bits per heavy atom. The molecule has 2 aliphatic heterocycles. The van der Waals surface area contributed by atoms with Crippen LogP contribution in [0.1, 0.15) is 30.4 Å². The highest BCUT2D eigenvalue weighted by molar-refractivity contribution is 7.99. The maximum atomic E-state index is 12.8. The summed E-state index contributed by atoms with van der Waals surface area (Å²) in [6.45, 7) is 1.72. The van der Waals surface area contributed by atoms with Crippen molar-refractivity contribution in [2.24, 2.45) is 5.92 Å². The third-order valence-electron chi connectivity index (χ3n) is 5.50. The van der Waals surface area contributed by atoms with Crippen LogP contribution in [0.15, 0.2) is 24.3 Å². The molecule has 2 heterocycles. The summed E-state index contributed by atoms with van der Waals surface area (Å²) < 4.78 is 0. The van der Waals surface area contributed by atoms with Crippen molar-refractivity contribution in [1.82, 2.24) is 9.80 Å². The second-order valence-electron chi connectivity index (χ2n) is 7.16. The number of likely N-dealkylation sites (tertiary alicyclic amines) is 1. The van der Waals surface area contributed by atoms with Gasteiger partial charge in [0, 0.05) is 25.3 Å². The molecule has 2 amide bonds. The van der Waals surface area contributed by atoms with Gasteiger partial charge in [0.1, 0.15) is 6.04 Å². The minimum atomic E-state index is -0.232. The van der Waals surface area contributed by atoms with Gasteiger partial charge in [0.2, 0.25) is 11.8 Å². The number of carbonyl (C=O) groups is 2. The van der Waals surface area contributed by atoms with E-state index in [1.54, 1.807) is 11.8 Å². The van der Waals surface area contributed by atoms with Crippen LogP contribution in [0.3, 0.4) is 0 Å². The van der Waals surface area contributed by atoms with Crippen molar-refractivity contribution in [2.75, 3.05) is 24.7 Å². The number of hydrogen-bond donors (Lipinski definition) is 0. The van der Waals surface area contributed by atoms with E-state index >= 15 is 0 Å². The molecule has 3 aliphatic rings. The van der Waals surface area contributed by atoms with Crippen molar-refractivity contribution in [2.45, 2.75) is 38.1 Å². The highest BCUT2D eigenvalue weighted by Crippen LogP contribution is 2.31. The number of rotatable bonds is 3. The fourth-order valence-corrected chi connectivity index (χ4v) is 5.37. The third kappa shape index (κ3) is 3.06. The van der Waals surface area contributed by atoms with Crippen LogP contribution in [0.5, 0.6) is 0 Å². The van der Waals surface area contributed by atoms with Crippen LogP contribution >= 0.6 is 11.8 Å². The average Bonchev–Trinajstić information content (AvgIpc) is 3.32. The molecule has 2 saturated heterocycles. The summed E-state index contributed by atoms with van der Waals surface area (Å²) in [6.07, 6.45) is 4.75. The lowest BCUT2D eigenvalue weighted by molar-refractivity contribution is -0.143. The molecule has 0 saturated carbocycles. The lowest BCUT2D eigenvalue weighted by atomic mass is 10.0. The van der Waals surface area contributed by atoms with E-state index in [2.05, 4.69) is 24.3 Å². The molecule has 1 aliphatic carbocycles. The van der Waals surface area contributed by atoms with Crippen LogP contribution in [-0.4, -0.2) is 52.4 Å². The summed E-state index contributed by atoms with van der Waals surface area (Å²) in [5, 5.41) is 0. The quantitative estimate of drug-likeness (QED) is 0.845. The van der Waals surface area contributed by atoms with Gasteiger partial charge in [0.25, 0.3) is 0 Å². The van der Waals surface area contributed by atoms with E-state index in [0.29, 0.717) is 18.2 Å². The van der Waals surface area contributed by atoms with E-state index in [9.17, 15) is 9.59 Å². The van der Waals surface area contributed by atoms with Crippen LogP contribution in [-0.2, 0) is 22.4 Å². The van der Waals surface area contributed by atoms with Crippen molar-refractivity contribution in [3.63, 3.8) is 0 Å². The number of carbonyl (C=O) groups excluding carboxylic acids is 2. The van der Waals surface area contributed by atoms with Crippen LogP contribution < -0.4 is 0 Å². The Hall–Kier alpha value is -1.49. The van der Waals surface area contributed by atoms with E-state index in [1.807, 2.05) is 9.80 Å². The average molecular weight is 344 g/mol. The largest absolute Gasteiger partial charge is 0.341 e. The molecule has 0 N–H and O–H groups in total. The Kier molecular flexibility index (Phi) is 4.53. The van der Waals surface area contributed by atoms with E-state index in [1.165, 1.54) is 11.1 Å². The lowest BCUT2D eigenvalue weighted by Gasteiger charge is -2.27. The second-order valence-corrected chi connectivity index (χ2v) is 8.16. The molecule has 5 heteroatoms. The van der Waals surface area contributed by atoms with E-state index < -0.39 is 0 Å². The topological polar surface area (TPSA) is 40.6 Å². The highest BCUT2D eigenvalue weighted by Gasteiger charge is 2.38. The number of fused-ring (bicyclic) bond motifs is 1. The Labute approximate surface area is 147 Å². The van der Waals surface area contributed by atoms with Gasteiger partial charge in [-0.2, -0.15) is 0 Å². The van der Waals surface area contributed by atoms with Crippen molar-refractivity contribution < 1.29 is 9.59 Å². The third-order valence-corrected chi connectivity index (χ3v) is 6.52. The molecule has 1 atom stereocenters. The summed E-state index contributed by atoms with van der Waals surface area (Å²) in [7, 11) is 0. The number of thioether (sulfide) groups is 1. The molecule has 1 aromatic rings. The van der Waals surface area contributed by atoms with E-state index in [4.69, 9.17) is 0 Å². The van der Waals surface area contributed by atoms with Crippen LogP contribution in [0.4, 0.5) is 0 Å². The normalized spacial score (nSPS) is 23.8. The van der Waals surface area contributed by atoms with Crippen molar-refractivity contribution in [3.8, 4) is 0 Å². The molecule has 2 fully saturated rings. The van der Waals surface area contributed by atoms with Crippen LogP contribution in [0.25, 0.3) is 0 Å². The van der Waals surface area contributed by atoms with Crippen LogP contribution in [0.2, 0.25) is 0 Å². The van der Waals surface area contributed by atoms with Gasteiger partial charge in [-0.1, -0.05) is 24.3 Å². The lowest BCUT2D eigenvalue weighted by Crippen LogP contribution is -2.48. The van der Waals surface area contributed by atoms with Gasteiger partial charge in [-0.3, -0.25) is 9.59 Å². The first-order valence-electron chi connectivity index (χ1n) is 8.95. The first-order valence-corrected chi connectivity index (χ1v) is 10.1. The Morgan fingerprint density at radius 3 is 2.42 bits per heavy atom. The van der Waals surface area contributed by atoms with E-state index in [-0.39, 0.29) is 17.9 Å². The number of hydrogen-bond acceptors (Lipinski definition) is 3. The molecule has 0 aromatic heterocycles. The Bertz CT molecular complexity index is 617. The van der Waals surface area contributed by atoms with Gasteiger partial charge < -0.3 is 9.80 Å². The first-order chi connectivity index (χ1) is 11.7. The monoisotopic (exact) mass is 344 g/mol. The molecule has 24 heavy (non-hydrogen) atoms. The maximum Gasteiger partial charge on any atom is 0.246 e. The smallest absolute Gasteiger partial charge is 0.246 e. The Balaban J connectivity index is 1.38. The van der Waals surface area contributed by atoms with Crippen LogP contribution in [0, 0.1) is 5.92 Å². The SMILES string of the molecule is O=C([C@@H]1CSCN1C(=O)CC1Cc2ccccc2C1)N1CCCC1. The maximum absolute atomic E-state index is 12.8. The summed E-state index contributed by atoms with van der Waals surface area (Å²) in [5.74, 6) is 2.15. The summed E-state index contributed by atoms with van der Waals surface area (Å²) in [4.78, 5) is 29.3. The fraction of sp³-hybridized carbons (Fsp3) is 0.579. The number of amides is 2. The van der Waals surface area contributed by atoms with Gasteiger partial charge in [-0.15, -0.1) is 11.8 Å². The Morgan fingerprint density at radius 1 is 1.08 bits per heavy atom. The number of benzene rings is 1. The summed E-state index contributed by atoms with van der Waals surface area (Å²) in [6, 6.07) is 8.26. The molecule has 1 aromatic carbocycles. The standard InChI is InChI=1S/C19H24N2O2S/c22-18(11-14-9-15-5-1-2-6-16(15)10-14)21-13-24-12-17(21)19(23)20-7-3-4-8-20/h1-2,5-6,14,17H,3-4,7-13H2/t17-/m0/s1. The first kappa shape index (κ1) is 16.0. The molecular formula is C19H24N2O2S. The second kappa shape index (κ2) is 6.79. The zero-order chi connectivity index (χ0) is 16.5. The molecule has 0 radical (unpaired) electrons.